The van der Waals surface area contributed by atoms with Crippen LogP contribution in [0.15, 0.2) is 64.2 Å². The molecule has 0 bridgehead atoms. The monoisotopic (exact) mass is 352 g/mol. The van der Waals surface area contributed by atoms with Crippen molar-refractivity contribution in [3.8, 4) is 11.1 Å². The zero-order valence-corrected chi connectivity index (χ0v) is 14.4. The van der Waals surface area contributed by atoms with Gasteiger partial charge in [-0.25, -0.2) is 0 Å². The molecule has 0 radical (unpaired) electrons. The van der Waals surface area contributed by atoms with E-state index in [1.165, 1.54) is 5.69 Å². The molecule has 4 nitrogen and oxygen atoms in total. The molecule has 0 saturated carbocycles. The van der Waals surface area contributed by atoms with Crippen LogP contribution in [-0.4, -0.2) is 26.2 Å². The third kappa shape index (κ3) is 2.83. The van der Waals surface area contributed by atoms with Crippen LogP contribution in [0.1, 0.15) is 0 Å². The second kappa shape index (κ2) is 6.37. The summed E-state index contributed by atoms with van der Waals surface area (Å²) in [6.07, 6.45) is 0. The normalized spacial score (nSPS) is 14.9. The fraction of sp³-hybridized carbons (Fsp3) is 0.200. The quantitative estimate of drug-likeness (QED) is 0.680. The van der Waals surface area contributed by atoms with Crippen LogP contribution >= 0.6 is 11.6 Å². The van der Waals surface area contributed by atoms with Crippen molar-refractivity contribution in [2.45, 2.75) is 0 Å². The van der Waals surface area contributed by atoms with Crippen molar-refractivity contribution < 1.29 is 0 Å². The minimum atomic E-state index is -0.400. The Balaban J connectivity index is 1.56. The first-order valence-electron chi connectivity index (χ1n) is 8.29. The highest BCUT2D eigenvalue weighted by Crippen LogP contribution is 2.29. The van der Waals surface area contributed by atoms with E-state index < -0.39 is 5.43 Å². The van der Waals surface area contributed by atoms with Crippen LogP contribution < -0.4 is 20.7 Å². The average Bonchev–Trinajstić information content (AvgIpc) is 2.67. The summed E-state index contributed by atoms with van der Waals surface area (Å²) in [6, 6.07) is 17.3. The third-order valence-electron chi connectivity index (χ3n) is 4.74. The van der Waals surface area contributed by atoms with Crippen LogP contribution in [0.2, 0.25) is 5.02 Å². The van der Waals surface area contributed by atoms with Crippen LogP contribution in [-0.2, 0) is 0 Å². The molecule has 3 aromatic carbocycles. The largest absolute Gasteiger partial charge is 0.368 e. The number of hydrogen-bond donors (Lipinski definition) is 0. The Kier molecular flexibility index (Phi) is 4.06. The Morgan fingerprint density at radius 1 is 0.720 bits per heavy atom. The van der Waals surface area contributed by atoms with Gasteiger partial charge in [-0.15, -0.1) is 0 Å². The van der Waals surface area contributed by atoms with E-state index in [9.17, 15) is 9.59 Å². The lowest BCUT2D eigenvalue weighted by Gasteiger charge is -2.38. The van der Waals surface area contributed by atoms with Crippen molar-refractivity contribution in [1.82, 2.24) is 0 Å². The predicted molar refractivity (Wildman–Crippen MR) is 103 cm³/mol. The smallest absolute Gasteiger partial charge is 0.250 e. The van der Waals surface area contributed by atoms with Gasteiger partial charge in [-0.1, -0.05) is 41.9 Å². The molecule has 0 amide bonds. The van der Waals surface area contributed by atoms with Gasteiger partial charge in [0, 0.05) is 36.9 Å². The van der Waals surface area contributed by atoms with Crippen molar-refractivity contribution in [3.05, 3.63) is 80.1 Å². The van der Waals surface area contributed by atoms with Gasteiger partial charge in [-0.2, -0.15) is 0 Å². The van der Waals surface area contributed by atoms with Crippen molar-refractivity contribution in [2.24, 2.45) is 0 Å². The lowest BCUT2D eigenvalue weighted by atomic mass is 9.97. The van der Waals surface area contributed by atoms with Gasteiger partial charge in [-0.3, -0.25) is 9.59 Å². The number of rotatable bonds is 3. The first-order valence-corrected chi connectivity index (χ1v) is 8.67. The summed E-state index contributed by atoms with van der Waals surface area (Å²) >= 11 is 5.92. The van der Waals surface area contributed by atoms with Crippen LogP contribution in [0.25, 0.3) is 11.1 Å². The summed E-state index contributed by atoms with van der Waals surface area (Å²) in [7, 11) is 0. The molecule has 0 spiro atoms. The molecule has 0 N–H and O–H groups in total. The minimum Gasteiger partial charge on any atom is -0.368 e. The second-order valence-electron chi connectivity index (χ2n) is 6.20. The van der Waals surface area contributed by atoms with Gasteiger partial charge in [0.15, 0.2) is 0 Å². The molecule has 1 aliphatic rings. The molecule has 1 aliphatic heterocycles. The van der Waals surface area contributed by atoms with Crippen LogP contribution in [0, 0.1) is 0 Å². The van der Waals surface area contributed by atoms with Crippen LogP contribution in [0.4, 0.5) is 11.4 Å². The highest BCUT2D eigenvalue weighted by molar-refractivity contribution is 6.30. The topological polar surface area (TPSA) is 40.6 Å². The first kappa shape index (κ1) is 15.9. The Labute approximate surface area is 150 Å². The number of halogens is 1. The van der Waals surface area contributed by atoms with Crippen molar-refractivity contribution in [2.75, 3.05) is 36.0 Å². The number of benzene rings is 2. The SMILES string of the molecule is O=c1c(-c2ccc(Cl)cc2)c(N2CCN(c3ccccc3)CC2)c1=O. The highest BCUT2D eigenvalue weighted by atomic mass is 35.5. The Hall–Kier alpha value is -2.59. The molecule has 0 aliphatic carbocycles. The van der Waals surface area contributed by atoms with Gasteiger partial charge in [0.05, 0.1) is 5.56 Å². The van der Waals surface area contributed by atoms with Gasteiger partial charge in [0.1, 0.15) is 5.69 Å². The number of hydrogen-bond acceptors (Lipinski definition) is 4. The molecule has 4 rings (SSSR count). The molecule has 0 unspecified atom stereocenters. The first-order chi connectivity index (χ1) is 12.1. The molecular formula is C20H17ClN2O2. The maximum absolute atomic E-state index is 12.2. The molecule has 3 aromatic rings. The Bertz CT molecular complexity index is 952. The fourth-order valence-corrected chi connectivity index (χ4v) is 3.52. The van der Waals surface area contributed by atoms with E-state index in [1.807, 2.05) is 23.1 Å². The van der Waals surface area contributed by atoms with Crippen LogP contribution in [0.3, 0.4) is 0 Å². The van der Waals surface area contributed by atoms with E-state index in [-0.39, 0.29) is 5.43 Å². The van der Waals surface area contributed by atoms with Crippen LogP contribution in [0.5, 0.6) is 0 Å². The van der Waals surface area contributed by atoms with Gasteiger partial charge in [0.25, 0.3) is 0 Å². The number of para-hydroxylation sites is 1. The minimum absolute atomic E-state index is 0.377. The molecule has 0 aromatic heterocycles. The predicted octanol–water partition coefficient (Wildman–Crippen LogP) is 2.93. The van der Waals surface area contributed by atoms with Gasteiger partial charge < -0.3 is 9.80 Å². The molecule has 25 heavy (non-hydrogen) atoms. The van der Waals surface area contributed by atoms with E-state index in [0.717, 1.165) is 31.7 Å². The Morgan fingerprint density at radius 3 is 1.96 bits per heavy atom. The van der Waals surface area contributed by atoms with Gasteiger partial charge in [-0.05, 0) is 29.8 Å². The fourth-order valence-electron chi connectivity index (χ4n) is 3.39. The van der Waals surface area contributed by atoms with E-state index in [4.69, 9.17) is 11.6 Å². The van der Waals surface area contributed by atoms with E-state index in [0.29, 0.717) is 16.3 Å². The average molecular weight is 353 g/mol. The maximum atomic E-state index is 12.2. The zero-order valence-electron chi connectivity index (χ0n) is 13.6. The van der Waals surface area contributed by atoms with E-state index in [2.05, 4.69) is 17.0 Å². The molecule has 126 valence electrons. The van der Waals surface area contributed by atoms with Crippen molar-refractivity contribution in [3.63, 3.8) is 0 Å². The molecular weight excluding hydrogens is 336 g/mol. The summed E-state index contributed by atoms with van der Waals surface area (Å²) in [5.74, 6) is 0. The van der Waals surface area contributed by atoms with E-state index in [1.54, 1.807) is 24.3 Å². The maximum Gasteiger partial charge on any atom is 0.250 e. The number of nitrogens with zero attached hydrogens (tertiary/aromatic N) is 2. The van der Waals surface area contributed by atoms with E-state index >= 15 is 0 Å². The lowest BCUT2D eigenvalue weighted by Crippen LogP contribution is -2.51. The lowest BCUT2D eigenvalue weighted by molar-refractivity contribution is 0.651. The molecule has 1 heterocycles. The molecule has 0 atom stereocenters. The zero-order chi connectivity index (χ0) is 17.4. The molecule has 1 fully saturated rings. The molecule has 5 heteroatoms. The van der Waals surface area contributed by atoms with Gasteiger partial charge in [0.2, 0.25) is 10.9 Å². The number of piperazine rings is 1. The standard InChI is InChI=1S/C20H17ClN2O2/c21-15-8-6-14(7-9-15)17-18(20(25)19(17)24)23-12-10-22(11-13-23)16-4-2-1-3-5-16/h1-9H,10-13H2. The number of anilines is 2. The van der Waals surface area contributed by atoms with Crippen molar-refractivity contribution >= 4 is 23.0 Å². The summed E-state index contributed by atoms with van der Waals surface area (Å²) in [5.41, 5.74) is 2.25. The second-order valence-corrected chi connectivity index (χ2v) is 6.63. The Morgan fingerprint density at radius 2 is 1.32 bits per heavy atom. The van der Waals surface area contributed by atoms with Gasteiger partial charge >= 0.3 is 0 Å². The van der Waals surface area contributed by atoms with Crippen molar-refractivity contribution in [1.29, 1.82) is 0 Å². The molecule has 1 saturated heterocycles. The summed E-state index contributed by atoms with van der Waals surface area (Å²) in [6.45, 7) is 3.09. The summed E-state index contributed by atoms with van der Waals surface area (Å²) < 4.78 is 0. The third-order valence-corrected chi connectivity index (χ3v) is 4.99. The summed E-state index contributed by atoms with van der Waals surface area (Å²) in [4.78, 5) is 28.6. The summed E-state index contributed by atoms with van der Waals surface area (Å²) in [5, 5.41) is 0.612. The highest BCUT2D eigenvalue weighted by Gasteiger charge is 2.29.